The summed E-state index contributed by atoms with van der Waals surface area (Å²) in [6, 6.07) is 0. The van der Waals surface area contributed by atoms with Crippen molar-refractivity contribution in [1.82, 2.24) is 0 Å². The van der Waals surface area contributed by atoms with Gasteiger partial charge in [0.15, 0.2) is 11.6 Å². The molecule has 3 aliphatic carbocycles. The Bertz CT molecular complexity index is 817. The van der Waals surface area contributed by atoms with Crippen molar-refractivity contribution in [3.8, 4) is 0 Å². The van der Waals surface area contributed by atoms with Crippen LogP contribution in [0.4, 0.5) is 0 Å². The molecule has 5 rings (SSSR count). The topological polar surface area (TPSA) is 113 Å². The molecule has 9 atom stereocenters. The summed E-state index contributed by atoms with van der Waals surface area (Å²) in [4.78, 5) is 24.8. The van der Waals surface area contributed by atoms with E-state index in [4.69, 9.17) is 9.47 Å². The van der Waals surface area contributed by atoms with Gasteiger partial charge in [0, 0.05) is 22.7 Å². The van der Waals surface area contributed by atoms with Gasteiger partial charge in [-0.3, -0.25) is 9.59 Å². The van der Waals surface area contributed by atoms with Crippen molar-refractivity contribution >= 4 is 11.8 Å². The average Bonchev–Trinajstić information content (AvgIpc) is 2.90. The van der Waals surface area contributed by atoms with Crippen LogP contribution in [0.25, 0.3) is 0 Å². The molecule has 2 saturated heterocycles. The number of carbonyl (C=O) groups is 2. The van der Waals surface area contributed by atoms with Crippen LogP contribution < -0.4 is 0 Å². The molecular weight excluding hydrogens is 352 g/mol. The lowest BCUT2D eigenvalue weighted by Gasteiger charge is -2.66. The Morgan fingerprint density at radius 1 is 1.22 bits per heavy atom. The Hall–Kier alpha value is -1.54. The number of ether oxygens (including phenoxy) is 2. The van der Waals surface area contributed by atoms with Gasteiger partial charge in [0.05, 0.1) is 13.0 Å². The number of aliphatic hydroxyl groups is 3. The molecule has 4 fully saturated rings. The maximum Gasteiger partial charge on any atom is 0.306 e. The van der Waals surface area contributed by atoms with Crippen LogP contribution in [-0.2, 0) is 19.1 Å². The molecular formula is C20H24O7. The fourth-order valence-corrected chi connectivity index (χ4v) is 7.14. The van der Waals surface area contributed by atoms with Gasteiger partial charge in [-0.05, 0) is 30.9 Å². The Morgan fingerprint density at radius 3 is 2.63 bits per heavy atom. The highest BCUT2D eigenvalue weighted by Crippen LogP contribution is 2.73. The van der Waals surface area contributed by atoms with E-state index in [1.807, 2.05) is 6.92 Å². The second kappa shape index (κ2) is 4.89. The summed E-state index contributed by atoms with van der Waals surface area (Å²) in [6.45, 7) is 7.64. The highest BCUT2D eigenvalue weighted by Gasteiger charge is 2.81. The number of allylic oxidation sites excluding steroid dienone is 1. The monoisotopic (exact) mass is 376 g/mol. The van der Waals surface area contributed by atoms with Gasteiger partial charge in [0.25, 0.3) is 0 Å². The largest absolute Gasteiger partial charge is 0.462 e. The molecule has 0 aromatic carbocycles. The molecule has 2 bridgehead atoms. The summed E-state index contributed by atoms with van der Waals surface area (Å²) < 4.78 is 11.5. The number of ketones is 1. The molecule has 1 spiro atoms. The number of aliphatic hydroxyl groups excluding tert-OH is 2. The van der Waals surface area contributed by atoms with E-state index in [2.05, 4.69) is 6.58 Å². The number of hydrogen-bond donors (Lipinski definition) is 3. The minimum absolute atomic E-state index is 0.0436. The molecule has 2 heterocycles. The van der Waals surface area contributed by atoms with E-state index >= 15 is 0 Å². The maximum absolute atomic E-state index is 12.5. The number of fused-ring (bicyclic) bond motifs is 1. The minimum atomic E-state index is -1.98. The standard InChI is InChI=1S/C20H24O7/c1-8-4-12(21)16(24)18(3)10(8)5-13-19-7-26-20(25,17(18)19)15(23)9(2)11(19)6-14(22)27-13/h4,10-11,13,15-17,23-25H,2,5-7H2,1,3H3/t10-,11-,13+,15+,16+,17+,18+,19+,20+/m1/s1. The summed E-state index contributed by atoms with van der Waals surface area (Å²) in [5.41, 5.74) is -0.730. The Kier molecular flexibility index (Phi) is 3.18. The van der Waals surface area contributed by atoms with Crippen molar-refractivity contribution < 1.29 is 34.4 Å². The van der Waals surface area contributed by atoms with Crippen molar-refractivity contribution in [2.24, 2.45) is 28.6 Å². The number of esters is 1. The molecule has 0 amide bonds. The van der Waals surface area contributed by atoms with Gasteiger partial charge in [0.2, 0.25) is 0 Å². The quantitative estimate of drug-likeness (QED) is 0.405. The summed E-state index contributed by atoms with van der Waals surface area (Å²) in [5.74, 6) is -4.25. The first-order valence-corrected chi connectivity index (χ1v) is 9.41. The first-order valence-electron chi connectivity index (χ1n) is 9.41. The third-order valence-corrected chi connectivity index (χ3v) is 8.19. The third-order valence-electron chi connectivity index (χ3n) is 8.19. The first kappa shape index (κ1) is 17.6. The van der Waals surface area contributed by atoms with Crippen LogP contribution in [0.2, 0.25) is 0 Å². The third kappa shape index (κ3) is 1.69. The van der Waals surface area contributed by atoms with Crippen LogP contribution in [0.5, 0.6) is 0 Å². The lowest BCUT2D eigenvalue weighted by molar-refractivity contribution is -0.305. The van der Waals surface area contributed by atoms with Crippen molar-refractivity contribution in [3.05, 3.63) is 23.8 Å². The average molecular weight is 376 g/mol. The molecule has 0 aromatic rings. The lowest BCUT2D eigenvalue weighted by Crippen LogP contribution is -2.74. The lowest BCUT2D eigenvalue weighted by atomic mass is 9.39. The van der Waals surface area contributed by atoms with Crippen molar-refractivity contribution in [1.29, 1.82) is 0 Å². The smallest absolute Gasteiger partial charge is 0.306 e. The van der Waals surface area contributed by atoms with Gasteiger partial charge < -0.3 is 24.8 Å². The number of rotatable bonds is 0. The minimum Gasteiger partial charge on any atom is -0.462 e. The highest BCUT2D eigenvalue weighted by atomic mass is 16.6. The van der Waals surface area contributed by atoms with Gasteiger partial charge >= 0.3 is 5.97 Å². The van der Waals surface area contributed by atoms with Crippen LogP contribution in [0.1, 0.15) is 26.7 Å². The number of carbonyl (C=O) groups excluding carboxylic acids is 2. The molecule has 146 valence electrons. The molecule has 0 aromatic heterocycles. The van der Waals surface area contributed by atoms with Crippen LogP contribution in [0.15, 0.2) is 23.8 Å². The van der Waals surface area contributed by atoms with E-state index in [-0.39, 0.29) is 24.9 Å². The van der Waals surface area contributed by atoms with E-state index in [0.29, 0.717) is 12.0 Å². The van der Waals surface area contributed by atoms with E-state index in [9.17, 15) is 24.9 Å². The van der Waals surface area contributed by atoms with E-state index in [1.54, 1.807) is 6.92 Å². The van der Waals surface area contributed by atoms with Gasteiger partial charge in [-0.25, -0.2) is 0 Å². The van der Waals surface area contributed by atoms with Gasteiger partial charge in [-0.2, -0.15) is 0 Å². The molecule has 7 heteroatoms. The highest BCUT2D eigenvalue weighted by molar-refractivity contribution is 5.96. The van der Waals surface area contributed by atoms with Gasteiger partial charge in [-0.15, -0.1) is 0 Å². The molecule has 0 unspecified atom stereocenters. The zero-order valence-electron chi connectivity index (χ0n) is 15.3. The maximum atomic E-state index is 12.5. The molecule has 3 N–H and O–H groups in total. The van der Waals surface area contributed by atoms with Crippen LogP contribution >= 0.6 is 0 Å². The van der Waals surface area contributed by atoms with E-state index in [1.165, 1.54) is 6.08 Å². The summed E-state index contributed by atoms with van der Waals surface area (Å²) in [7, 11) is 0. The fraction of sp³-hybridized carbons (Fsp3) is 0.700. The number of hydrogen-bond acceptors (Lipinski definition) is 7. The Labute approximate surface area is 156 Å². The second-order valence-electron chi connectivity index (χ2n) is 9.15. The van der Waals surface area contributed by atoms with Crippen LogP contribution in [-0.4, -0.2) is 57.8 Å². The van der Waals surface area contributed by atoms with Crippen LogP contribution in [0, 0.1) is 28.6 Å². The summed E-state index contributed by atoms with van der Waals surface area (Å²) in [5, 5.41) is 33.3. The molecule has 27 heavy (non-hydrogen) atoms. The Balaban J connectivity index is 1.79. The molecule has 0 radical (unpaired) electrons. The van der Waals surface area contributed by atoms with E-state index < -0.39 is 52.5 Å². The fourth-order valence-electron chi connectivity index (χ4n) is 7.14. The zero-order valence-corrected chi connectivity index (χ0v) is 15.3. The predicted molar refractivity (Wildman–Crippen MR) is 90.9 cm³/mol. The first-order chi connectivity index (χ1) is 12.6. The molecule has 2 saturated carbocycles. The van der Waals surface area contributed by atoms with Crippen molar-refractivity contribution in [2.45, 2.75) is 50.8 Å². The van der Waals surface area contributed by atoms with E-state index in [0.717, 1.165) is 5.57 Å². The zero-order chi connectivity index (χ0) is 19.5. The molecule has 7 nitrogen and oxygen atoms in total. The second-order valence-corrected chi connectivity index (χ2v) is 9.15. The molecule has 5 aliphatic rings. The normalized spacial score (nSPS) is 56.2. The van der Waals surface area contributed by atoms with Gasteiger partial charge in [-0.1, -0.05) is 19.1 Å². The summed E-state index contributed by atoms with van der Waals surface area (Å²) in [6.07, 6.45) is -1.36. The predicted octanol–water partition coefficient (Wildman–Crippen LogP) is 0.0863. The molecule has 2 aliphatic heterocycles. The van der Waals surface area contributed by atoms with Crippen LogP contribution in [0.3, 0.4) is 0 Å². The SMILES string of the molecule is C=C1[C@H]2CC(=O)O[C@H]3C[C@@H]4C(C)=CC(=O)[C@H](O)[C@@]4(C)[C@@H]4[C@@](O)(OC[C@@]324)[C@H]1O. The summed E-state index contributed by atoms with van der Waals surface area (Å²) >= 11 is 0. The van der Waals surface area contributed by atoms with Crippen molar-refractivity contribution in [2.75, 3.05) is 6.61 Å². The van der Waals surface area contributed by atoms with Crippen molar-refractivity contribution in [3.63, 3.8) is 0 Å². The van der Waals surface area contributed by atoms with Gasteiger partial charge in [0.1, 0.15) is 18.3 Å². The Morgan fingerprint density at radius 2 is 1.93 bits per heavy atom.